The summed E-state index contributed by atoms with van der Waals surface area (Å²) in [5.74, 6) is -1.50. The van der Waals surface area contributed by atoms with Crippen molar-refractivity contribution in [2.45, 2.75) is 108 Å². The summed E-state index contributed by atoms with van der Waals surface area (Å²) in [7, 11) is 0. The van der Waals surface area contributed by atoms with Crippen molar-refractivity contribution in [3.63, 3.8) is 0 Å². The van der Waals surface area contributed by atoms with Gasteiger partial charge in [-0.15, -0.1) is 0 Å². The zero-order valence-electron chi connectivity index (χ0n) is 26.1. The number of aryl methyl sites for hydroxylation is 1. The van der Waals surface area contributed by atoms with E-state index in [0.717, 1.165) is 36.0 Å². The lowest BCUT2D eigenvalue weighted by molar-refractivity contribution is -0.144. The zero-order valence-corrected chi connectivity index (χ0v) is 26.1. The second kappa shape index (κ2) is 16.1. The lowest BCUT2D eigenvalue weighted by Gasteiger charge is -2.36. The second-order valence-corrected chi connectivity index (χ2v) is 12.2. The van der Waals surface area contributed by atoms with Crippen LogP contribution in [0.5, 0.6) is 0 Å². The Hall–Kier alpha value is -4.41. The van der Waals surface area contributed by atoms with Gasteiger partial charge >= 0.3 is 6.09 Å². The minimum absolute atomic E-state index is 0.0492. The fourth-order valence-corrected chi connectivity index (χ4v) is 6.04. The molecule has 11 heteroatoms. The van der Waals surface area contributed by atoms with Crippen LogP contribution in [0, 0.1) is 6.92 Å². The molecule has 2 saturated heterocycles. The van der Waals surface area contributed by atoms with Gasteiger partial charge in [0.2, 0.25) is 23.6 Å². The molecule has 11 nitrogen and oxygen atoms in total. The number of rotatable bonds is 12. The molecule has 2 heterocycles. The number of carbonyl (C=O) groups excluding carboxylic acids is 5. The van der Waals surface area contributed by atoms with E-state index < -0.39 is 36.0 Å². The minimum atomic E-state index is -0.992. The Morgan fingerprint density at radius 1 is 0.933 bits per heavy atom. The van der Waals surface area contributed by atoms with Crippen LogP contribution in [0.4, 0.5) is 4.79 Å². The highest BCUT2D eigenvalue weighted by atomic mass is 16.5. The van der Waals surface area contributed by atoms with E-state index in [2.05, 4.69) is 16.0 Å². The Morgan fingerprint density at radius 2 is 1.64 bits per heavy atom. The maximum Gasteiger partial charge on any atom is 0.408 e. The second-order valence-electron chi connectivity index (χ2n) is 12.2. The molecule has 2 aliphatic rings. The van der Waals surface area contributed by atoms with Gasteiger partial charge < -0.3 is 31.3 Å². The van der Waals surface area contributed by atoms with Crippen molar-refractivity contribution < 1.29 is 28.7 Å². The van der Waals surface area contributed by atoms with E-state index in [4.69, 9.17) is 10.5 Å². The fraction of sp³-hybridized carbons (Fsp3) is 0.500. The highest BCUT2D eigenvalue weighted by Crippen LogP contribution is 2.31. The average molecular weight is 620 g/mol. The predicted octanol–water partition coefficient (Wildman–Crippen LogP) is 3.02. The molecule has 0 saturated carbocycles. The summed E-state index contributed by atoms with van der Waals surface area (Å²) in [6.07, 6.45) is 4.08. The molecule has 2 aromatic rings. The lowest BCUT2D eigenvalue weighted by atomic mass is 9.98. The van der Waals surface area contributed by atoms with Gasteiger partial charge in [-0.25, -0.2) is 4.79 Å². The van der Waals surface area contributed by atoms with Crippen LogP contribution in [0.1, 0.15) is 75.0 Å². The highest BCUT2D eigenvalue weighted by Gasteiger charge is 2.44. The van der Waals surface area contributed by atoms with Gasteiger partial charge in [-0.1, -0.05) is 73.0 Å². The molecule has 45 heavy (non-hydrogen) atoms. The number of fused-ring (bicyclic) bond motifs is 1. The van der Waals surface area contributed by atoms with E-state index in [-0.39, 0.29) is 43.3 Å². The molecule has 0 aliphatic carbocycles. The quantitative estimate of drug-likeness (QED) is 0.286. The first-order valence-corrected chi connectivity index (χ1v) is 15.8. The van der Waals surface area contributed by atoms with Gasteiger partial charge in [0, 0.05) is 24.9 Å². The van der Waals surface area contributed by atoms with E-state index in [9.17, 15) is 24.0 Å². The number of amides is 5. The summed E-state index contributed by atoms with van der Waals surface area (Å²) in [5.41, 5.74) is 7.97. The number of ether oxygens (including phenoxy) is 1. The third-order valence-corrected chi connectivity index (χ3v) is 8.55. The van der Waals surface area contributed by atoms with Gasteiger partial charge in [-0.05, 0) is 57.1 Å². The van der Waals surface area contributed by atoms with Crippen LogP contribution in [-0.2, 0) is 36.9 Å². The summed E-state index contributed by atoms with van der Waals surface area (Å²) in [5, 5.41) is 8.54. The van der Waals surface area contributed by atoms with Gasteiger partial charge in [0.15, 0.2) is 0 Å². The average Bonchev–Trinajstić information content (AvgIpc) is 3.44. The standard InChI is InChI=1S/C34H45N5O6/c1-22-12-15-24(16-13-22)20-28(38-34(44)45-21-25-8-4-3-5-9-25)31(41)37-27-11-7-6-10-26-17-18-29(39(26)33(27)43)32(42)36-23(2)14-19-30(35)40/h3-5,8-9,12-13,15-16,23,26-29H,6-7,10-11,14,17-21H2,1-2H3,(H2,35,40)(H,36,42)(H,37,41)(H,38,44). The Bertz CT molecular complexity index is 1330. The molecule has 5 N–H and O–H groups in total. The van der Waals surface area contributed by atoms with Crippen molar-refractivity contribution in [3.8, 4) is 0 Å². The predicted molar refractivity (Wildman–Crippen MR) is 169 cm³/mol. The minimum Gasteiger partial charge on any atom is -0.445 e. The van der Waals surface area contributed by atoms with Crippen molar-refractivity contribution in [1.29, 1.82) is 0 Å². The van der Waals surface area contributed by atoms with E-state index in [1.54, 1.807) is 11.8 Å². The normalized spacial score (nSPS) is 21.0. The van der Waals surface area contributed by atoms with Crippen molar-refractivity contribution in [2.75, 3.05) is 0 Å². The summed E-state index contributed by atoms with van der Waals surface area (Å²) >= 11 is 0. The Morgan fingerprint density at radius 3 is 2.36 bits per heavy atom. The number of primary amides is 1. The van der Waals surface area contributed by atoms with Gasteiger partial charge in [0.25, 0.3) is 0 Å². The van der Waals surface area contributed by atoms with Crippen LogP contribution in [0.25, 0.3) is 0 Å². The largest absolute Gasteiger partial charge is 0.445 e. The van der Waals surface area contributed by atoms with Crippen LogP contribution in [0.3, 0.4) is 0 Å². The molecule has 5 atom stereocenters. The van der Waals surface area contributed by atoms with Gasteiger partial charge in [0.05, 0.1) is 0 Å². The third kappa shape index (κ3) is 9.79. The number of hydrogen-bond acceptors (Lipinski definition) is 6. The molecular formula is C34H45N5O6. The molecule has 242 valence electrons. The zero-order chi connectivity index (χ0) is 32.3. The first-order valence-electron chi connectivity index (χ1n) is 15.8. The molecule has 2 aromatic carbocycles. The summed E-state index contributed by atoms with van der Waals surface area (Å²) in [6, 6.07) is 14.0. The van der Waals surface area contributed by atoms with E-state index in [1.165, 1.54) is 0 Å². The van der Waals surface area contributed by atoms with Crippen molar-refractivity contribution >= 4 is 29.7 Å². The van der Waals surface area contributed by atoms with Crippen LogP contribution < -0.4 is 21.7 Å². The Balaban J connectivity index is 1.45. The number of nitrogens with two attached hydrogens (primary N) is 1. The molecular weight excluding hydrogens is 574 g/mol. The molecule has 4 rings (SSSR count). The highest BCUT2D eigenvalue weighted by molar-refractivity contribution is 5.94. The molecule has 2 fully saturated rings. The molecule has 0 aromatic heterocycles. The smallest absolute Gasteiger partial charge is 0.408 e. The number of carbonyl (C=O) groups is 5. The molecule has 5 amide bonds. The number of alkyl carbamates (subject to hydrolysis) is 1. The summed E-state index contributed by atoms with van der Waals surface area (Å²) < 4.78 is 5.40. The SMILES string of the molecule is Cc1ccc(CC(NC(=O)OCc2ccccc2)C(=O)NC2CCCCC3CCC(C(=O)NC(C)CCC(N)=O)N3C2=O)cc1. The fourth-order valence-electron chi connectivity index (χ4n) is 6.04. The molecule has 0 bridgehead atoms. The monoisotopic (exact) mass is 619 g/mol. The van der Waals surface area contributed by atoms with Crippen LogP contribution in [0.15, 0.2) is 54.6 Å². The van der Waals surface area contributed by atoms with Gasteiger partial charge in [-0.3, -0.25) is 19.2 Å². The van der Waals surface area contributed by atoms with Crippen molar-refractivity contribution in [2.24, 2.45) is 5.73 Å². The van der Waals surface area contributed by atoms with Crippen LogP contribution in [-0.4, -0.2) is 64.8 Å². The maximum atomic E-state index is 14.0. The Labute approximate surface area is 264 Å². The number of benzene rings is 2. The van der Waals surface area contributed by atoms with E-state index >= 15 is 0 Å². The van der Waals surface area contributed by atoms with Gasteiger partial charge in [-0.2, -0.15) is 0 Å². The first kappa shape index (κ1) is 33.5. The number of nitrogens with zero attached hydrogens (tertiary/aromatic N) is 1. The first-order chi connectivity index (χ1) is 21.6. The van der Waals surface area contributed by atoms with Gasteiger partial charge in [0.1, 0.15) is 24.7 Å². The number of hydrogen-bond donors (Lipinski definition) is 4. The van der Waals surface area contributed by atoms with E-state index in [0.29, 0.717) is 25.7 Å². The number of nitrogens with one attached hydrogen (secondary N) is 3. The van der Waals surface area contributed by atoms with E-state index in [1.807, 2.05) is 61.5 Å². The molecule has 2 aliphatic heterocycles. The van der Waals surface area contributed by atoms with Crippen LogP contribution >= 0.6 is 0 Å². The molecule has 5 unspecified atom stereocenters. The summed E-state index contributed by atoms with van der Waals surface area (Å²) in [4.78, 5) is 66.7. The van der Waals surface area contributed by atoms with Crippen LogP contribution in [0.2, 0.25) is 0 Å². The molecule has 0 radical (unpaired) electrons. The third-order valence-electron chi connectivity index (χ3n) is 8.55. The maximum absolute atomic E-state index is 14.0. The lowest BCUT2D eigenvalue weighted by Crippen LogP contribution is -2.59. The molecule has 0 spiro atoms. The topological polar surface area (TPSA) is 160 Å². The summed E-state index contributed by atoms with van der Waals surface area (Å²) in [6.45, 7) is 3.82. The van der Waals surface area contributed by atoms with Crippen molar-refractivity contribution in [3.05, 3.63) is 71.3 Å². The Kier molecular flexibility index (Phi) is 11.9. The van der Waals surface area contributed by atoms with Crippen molar-refractivity contribution in [1.82, 2.24) is 20.9 Å².